The predicted octanol–water partition coefficient (Wildman–Crippen LogP) is 3.53. The van der Waals surface area contributed by atoms with Crippen LogP contribution in [-0.2, 0) is 21.2 Å². The van der Waals surface area contributed by atoms with Crippen LogP contribution < -0.4 is 24.2 Å². The van der Waals surface area contributed by atoms with Crippen molar-refractivity contribution in [3.05, 3.63) is 42.0 Å². The standard InChI is InChI=1S/C24H31N3O6S/c1-31-20-14-8-17(23(32-2)24(20)33-3)9-15-22(28)26-18-10-12-19(13-11-18)34(29,30)27-21-7-5-4-6-16-25-21/h8,10-14H,4-7,9,15-16H2,1-3H3,(H,25,27)(H,26,28). The van der Waals surface area contributed by atoms with Gasteiger partial charge < -0.3 is 19.5 Å². The number of aliphatic imine (C=N–C) groups is 1. The minimum atomic E-state index is -3.72. The Kier molecular flexibility index (Phi) is 8.75. The zero-order valence-corrected chi connectivity index (χ0v) is 20.5. The molecule has 0 spiro atoms. The zero-order chi connectivity index (χ0) is 24.6. The number of hydrogen-bond donors (Lipinski definition) is 2. The number of carbonyl (C=O) groups is 1. The summed E-state index contributed by atoms with van der Waals surface area (Å²) in [5, 5.41) is 2.79. The van der Waals surface area contributed by atoms with Crippen molar-refractivity contribution < 1.29 is 27.4 Å². The summed E-state index contributed by atoms with van der Waals surface area (Å²) in [5.74, 6) is 1.83. The largest absolute Gasteiger partial charge is 0.493 e. The number of benzene rings is 2. The molecule has 2 aromatic carbocycles. The van der Waals surface area contributed by atoms with Crippen LogP contribution in [-0.4, -0.2) is 48.0 Å². The van der Waals surface area contributed by atoms with E-state index in [2.05, 4.69) is 15.0 Å². The van der Waals surface area contributed by atoms with E-state index in [4.69, 9.17) is 14.2 Å². The quantitative estimate of drug-likeness (QED) is 0.557. The maximum absolute atomic E-state index is 12.7. The molecule has 0 radical (unpaired) electrons. The molecule has 0 aromatic heterocycles. The van der Waals surface area contributed by atoms with E-state index in [1.54, 1.807) is 25.3 Å². The average Bonchev–Trinajstić information content (AvgIpc) is 3.10. The summed E-state index contributed by atoms with van der Waals surface area (Å²) in [4.78, 5) is 16.9. The number of nitrogens with one attached hydrogen (secondary N) is 2. The van der Waals surface area contributed by atoms with Crippen molar-refractivity contribution in [3.8, 4) is 17.2 Å². The Bertz CT molecular complexity index is 1130. The van der Waals surface area contributed by atoms with Crippen molar-refractivity contribution in [3.63, 3.8) is 0 Å². The molecule has 0 saturated carbocycles. The lowest BCUT2D eigenvalue weighted by atomic mass is 10.1. The monoisotopic (exact) mass is 489 g/mol. The van der Waals surface area contributed by atoms with E-state index >= 15 is 0 Å². The fourth-order valence-corrected chi connectivity index (χ4v) is 4.81. The molecule has 0 saturated heterocycles. The third kappa shape index (κ3) is 6.40. The third-order valence-electron chi connectivity index (χ3n) is 5.48. The number of amides is 1. The van der Waals surface area contributed by atoms with Crippen LogP contribution in [0.5, 0.6) is 17.2 Å². The van der Waals surface area contributed by atoms with E-state index in [1.807, 2.05) is 6.07 Å². The van der Waals surface area contributed by atoms with Gasteiger partial charge in [-0.1, -0.05) is 12.5 Å². The minimum absolute atomic E-state index is 0.118. The summed E-state index contributed by atoms with van der Waals surface area (Å²) in [7, 11) is 0.890. The number of methoxy groups -OCH3 is 3. The van der Waals surface area contributed by atoms with E-state index < -0.39 is 10.0 Å². The first-order valence-electron chi connectivity index (χ1n) is 11.1. The molecule has 1 heterocycles. The van der Waals surface area contributed by atoms with Gasteiger partial charge in [0.15, 0.2) is 11.5 Å². The summed E-state index contributed by atoms with van der Waals surface area (Å²) in [6.07, 6.45) is 4.18. The average molecular weight is 490 g/mol. The van der Waals surface area contributed by atoms with E-state index in [-0.39, 0.29) is 17.2 Å². The van der Waals surface area contributed by atoms with Crippen LogP contribution >= 0.6 is 0 Å². The lowest BCUT2D eigenvalue weighted by Crippen LogP contribution is -2.30. The van der Waals surface area contributed by atoms with Gasteiger partial charge in [0.1, 0.15) is 5.84 Å². The molecule has 2 aromatic rings. The molecule has 0 unspecified atom stereocenters. The van der Waals surface area contributed by atoms with Crippen LogP contribution in [0.25, 0.3) is 0 Å². The second-order valence-corrected chi connectivity index (χ2v) is 9.49. The van der Waals surface area contributed by atoms with Crippen molar-refractivity contribution in [1.82, 2.24) is 4.72 Å². The van der Waals surface area contributed by atoms with Crippen molar-refractivity contribution in [2.24, 2.45) is 4.99 Å². The first kappa shape index (κ1) is 25.4. The number of aryl methyl sites for hydroxylation is 1. The maximum Gasteiger partial charge on any atom is 0.262 e. The van der Waals surface area contributed by atoms with Crippen LogP contribution in [0.3, 0.4) is 0 Å². The van der Waals surface area contributed by atoms with Crippen LogP contribution in [0, 0.1) is 0 Å². The van der Waals surface area contributed by atoms with Gasteiger partial charge in [0.2, 0.25) is 11.7 Å². The lowest BCUT2D eigenvalue weighted by Gasteiger charge is -2.15. The Labute approximate surface area is 200 Å². The van der Waals surface area contributed by atoms with Gasteiger partial charge in [-0.25, -0.2) is 8.42 Å². The molecule has 184 valence electrons. The minimum Gasteiger partial charge on any atom is -0.493 e. The number of anilines is 1. The van der Waals surface area contributed by atoms with Gasteiger partial charge in [0, 0.05) is 25.1 Å². The smallest absolute Gasteiger partial charge is 0.262 e. The summed E-state index contributed by atoms with van der Waals surface area (Å²) in [6.45, 7) is 0.637. The number of sulfonamides is 1. The SMILES string of the molecule is COc1ccc(CCC(=O)Nc2ccc(S(=O)(=O)NC3=NCCCCC3)cc2)c(OC)c1OC. The van der Waals surface area contributed by atoms with Crippen molar-refractivity contribution in [1.29, 1.82) is 0 Å². The number of hydrogen-bond acceptors (Lipinski definition) is 7. The number of nitrogens with zero attached hydrogens (tertiary/aromatic N) is 1. The molecule has 3 rings (SSSR count). The molecule has 0 bridgehead atoms. The summed E-state index contributed by atoms with van der Waals surface area (Å²) < 4.78 is 44.0. The normalized spacial score (nSPS) is 13.9. The van der Waals surface area contributed by atoms with Gasteiger partial charge >= 0.3 is 0 Å². The Hall–Kier alpha value is -3.27. The van der Waals surface area contributed by atoms with Gasteiger partial charge in [-0.3, -0.25) is 14.5 Å². The molecule has 2 N–H and O–H groups in total. The first-order valence-corrected chi connectivity index (χ1v) is 12.6. The Morgan fingerprint density at radius 2 is 1.68 bits per heavy atom. The van der Waals surface area contributed by atoms with Gasteiger partial charge in [0.25, 0.3) is 10.0 Å². The second-order valence-electron chi connectivity index (χ2n) is 7.81. The molecular weight excluding hydrogens is 458 g/mol. The highest BCUT2D eigenvalue weighted by Gasteiger charge is 2.18. The third-order valence-corrected chi connectivity index (χ3v) is 6.88. The van der Waals surface area contributed by atoms with E-state index in [0.29, 0.717) is 48.2 Å². The molecule has 1 aliphatic rings. The molecule has 0 atom stereocenters. The lowest BCUT2D eigenvalue weighted by molar-refractivity contribution is -0.116. The molecule has 0 aliphatic carbocycles. The Balaban J connectivity index is 1.60. The molecule has 34 heavy (non-hydrogen) atoms. The van der Waals surface area contributed by atoms with E-state index in [1.165, 1.54) is 26.4 Å². The van der Waals surface area contributed by atoms with E-state index in [0.717, 1.165) is 24.8 Å². The number of rotatable bonds is 9. The van der Waals surface area contributed by atoms with Gasteiger partial charge in [-0.2, -0.15) is 0 Å². The van der Waals surface area contributed by atoms with Crippen molar-refractivity contribution in [2.45, 2.75) is 43.4 Å². The molecule has 0 fully saturated rings. The van der Waals surface area contributed by atoms with Crippen molar-refractivity contribution in [2.75, 3.05) is 33.2 Å². The maximum atomic E-state index is 12.7. The van der Waals surface area contributed by atoms with Crippen molar-refractivity contribution >= 4 is 27.5 Å². The van der Waals surface area contributed by atoms with Crippen LogP contribution in [0.2, 0.25) is 0 Å². The number of carbonyl (C=O) groups excluding carboxylic acids is 1. The molecule has 9 nitrogen and oxygen atoms in total. The zero-order valence-electron chi connectivity index (χ0n) is 19.7. The number of amidine groups is 1. The predicted molar refractivity (Wildman–Crippen MR) is 131 cm³/mol. The van der Waals surface area contributed by atoms with Crippen LogP contribution in [0.1, 0.15) is 37.7 Å². The topological polar surface area (TPSA) is 115 Å². The van der Waals surface area contributed by atoms with Crippen LogP contribution in [0.4, 0.5) is 5.69 Å². The van der Waals surface area contributed by atoms with Gasteiger partial charge in [-0.05, 0) is 55.2 Å². The fourth-order valence-electron chi connectivity index (χ4n) is 3.72. The summed E-state index contributed by atoms with van der Waals surface area (Å²) in [5.41, 5.74) is 1.32. The molecular formula is C24H31N3O6S. The Morgan fingerprint density at radius 1 is 0.941 bits per heavy atom. The molecule has 1 aliphatic heterocycles. The van der Waals surface area contributed by atoms with Crippen LogP contribution in [0.15, 0.2) is 46.3 Å². The Morgan fingerprint density at radius 3 is 2.35 bits per heavy atom. The van der Waals surface area contributed by atoms with E-state index in [9.17, 15) is 13.2 Å². The van der Waals surface area contributed by atoms with Gasteiger partial charge in [0.05, 0.1) is 26.2 Å². The fraction of sp³-hybridized carbons (Fsp3) is 0.417. The highest BCUT2D eigenvalue weighted by atomic mass is 32.2. The first-order chi connectivity index (χ1) is 16.4. The molecule has 1 amide bonds. The highest BCUT2D eigenvalue weighted by molar-refractivity contribution is 7.90. The second kappa shape index (κ2) is 11.7. The highest BCUT2D eigenvalue weighted by Crippen LogP contribution is 2.40. The molecule has 10 heteroatoms. The van der Waals surface area contributed by atoms with Gasteiger partial charge in [-0.15, -0.1) is 0 Å². The summed E-state index contributed by atoms with van der Waals surface area (Å²) in [6, 6.07) is 9.66. The summed E-state index contributed by atoms with van der Waals surface area (Å²) >= 11 is 0. The number of ether oxygens (including phenoxy) is 3.